The zero-order valence-electron chi connectivity index (χ0n) is 9.23. The molecule has 0 aromatic carbocycles. The minimum atomic E-state index is -3.63. The molecular formula is C9H10F4I2N2O2. The van der Waals surface area contributed by atoms with Crippen molar-refractivity contribution in [2.45, 2.75) is 11.8 Å². The van der Waals surface area contributed by atoms with Gasteiger partial charge in [0.15, 0.2) is 0 Å². The SMILES string of the molecule is NC1=IC(C(F)(F)CO)=C(N)C(I)=C1C(F)(F)CO. The minimum Gasteiger partial charge on any atom is -0.397 e. The molecule has 0 spiro atoms. The van der Waals surface area contributed by atoms with Crippen LogP contribution >= 0.6 is 43.3 Å². The molecular weight excluding hydrogens is 498 g/mol. The van der Waals surface area contributed by atoms with Crippen LogP contribution in [-0.4, -0.2) is 38.9 Å². The Labute approximate surface area is 129 Å². The molecule has 1 aliphatic heterocycles. The lowest BCUT2D eigenvalue weighted by atomic mass is 10.1. The first-order valence-corrected chi connectivity index (χ1v) is 7.98. The number of aliphatic hydroxyl groups excluding tert-OH is 2. The molecule has 19 heavy (non-hydrogen) atoms. The van der Waals surface area contributed by atoms with Gasteiger partial charge in [-0.25, -0.2) is 0 Å². The van der Waals surface area contributed by atoms with Crippen molar-refractivity contribution in [3.8, 4) is 0 Å². The fourth-order valence-electron chi connectivity index (χ4n) is 1.29. The first kappa shape index (κ1) is 17.3. The van der Waals surface area contributed by atoms with Crippen molar-refractivity contribution in [3.63, 3.8) is 0 Å². The quantitative estimate of drug-likeness (QED) is 0.339. The zero-order valence-corrected chi connectivity index (χ0v) is 13.5. The van der Waals surface area contributed by atoms with Crippen LogP contribution in [0.2, 0.25) is 0 Å². The van der Waals surface area contributed by atoms with Crippen molar-refractivity contribution in [1.82, 2.24) is 0 Å². The average Bonchev–Trinajstić information content (AvgIpc) is 2.33. The summed E-state index contributed by atoms with van der Waals surface area (Å²) in [7, 11) is 0. The molecule has 0 bridgehead atoms. The van der Waals surface area contributed by atoms with Gasteiger partial charge in [0.25, 0.3) is 5.92 Å². The van der Waals surface area contributed by atoms with Gasteiger partial charge >= 0.3 is 5.92 Å². The van der Waals surface area contributed by atoms with E-state index in [0.29, 0.717) is 0 Å². The molecule has 6 N–H and O–H groups in total. The maximum absolute atomic E-state index is 13.5. The molecule has 0 saturated carbocycles. The molecule has 0 atom stereocenters. The smallest absolute Gasteiger partial charge is 0.303 e. The number of alkyl halides is 4. The maximum atomic E-state index is 13.5. The summed E-state index contributed by atoms with van der Waals surface area (Å²) in [6.45, 7) is -2.95. The molecule has 1 rings (SSSR count). The third kappa shape index (κ3) is 3.28. The number of rotatable bonds is 4. The van der Waals surface area contributed by atoms with Gasteiger partial charge in [-0.2, -0.15) is 17.6 Å². The molecule has 1 aliphatic rings. The number of hydrogen-bond acceptors (Lipinski definition) is 4. The summed E-state index contributed by atoms with van der Waals surface area (Å²) >= 11 is -0.417. The number of halogens is 6. The van der Waals surface area contributed by atoms with Crippen LogP contribution in [0.25, 0.3) is 0 Å². The highest BCUT2D eigenvalue weighted by Crippen LogP contribution is 2.45. The van der Waals surface area contributed by atoms with Gasteiger partial charge in [0.1, 0.15) is 13.2 Å². The number of aliphatic hydroxyl groups is 2. The van der Waals surface area contributed by atoms with E-state index in [1.807, 2.05) is 0 Å². The molecule has 0 fully saturated rings. The summed E-state index contributed by atoms with van der Waals surface area (Å²) in [5.74, 6) is -7.22. The molecule has 0 aromatic heterocycles. The molecule has 0 radical (unpaired) electrons. The normalized spacial score (nSPS) is 18.4. The largest absolute Gasteiger partial charge is 0.397 e. The molecule has 0 unspecified atom stereocenters. The molecule has 1 heterocycles. The van der Waals surface area contributed by atoms with E-state index in [4.69, 9.17) is 21.7 Å². The minimum absolute atomic E-state index is 0.316. The first-order chi connectivity index (χ1) is 8.58. The molecule has 0 saturated heterocycles. The molecule has 0 amide bonds. The summed E-state index contributed by atoms with van der Waals surface area (Å²) < 4.78 is 52.6. The topological polar surface area (TPSA) is 92.5 Å². The van der Waals surface area contributed by atoms with Gasteiger partial charge < -0.3 is 15.9 Å². The Bertz CT molecular complexity index is 489. The Hall–Kier alpha value is 0.210. The molecule has 10 heteroatoms. The van der Waals surface area contributed by atoms with E-state index < -0.39 is 60.6 Å². The monoisotopic (exact) mass is 508 g/mol. The van der Waals surface area contributed by atoms with Crippen molar-refractivity contribution in [3.05, 3.63) is 18.4 Å². The number of allylic oxidation sites excluding steroid dienone is 1. The first-order valence-electron chi connectivity index (χ1n) is 4.74. The number of nitrogens with two attached hydrogens (primary N) is 2. The third-order valence-electron chi connectivity index (χ3n) is 2.21. The molecule has 0 aliphatic carbocycles. The predicted octanol–water partition coefficient (Wildman–Crippen LogP) is 1.17. The Morgan fingerprint density at radius 3 is 1.95 bits per heavy atom. The highest BCUT2D eigenvalue weighted by molar-refractivity contribution is 14.2. The Morgan fingerprint density at radius 2 is 1.53 bits per heavy atom. The highest BCUT2D eigenvalue weighted by Gasteiger charge is 2.43. The Morgan fingerprint density at radius 1 is 1.05 bits per heavy atom. The summed E-state index contributed by atoms with van der Waals surface area (Å²) in [4.78, 5) is 0. The highest BCUT2D eigenvalue weighted by atomic mass is 127. The van der Waals surface area contributed by atoms with Crippen molar-refractivity contribution in [2.24, 2.45) is 11.5 Å². The van der Waals surface area contributed by atoms with E-state index in [1.165, 1.54) is 22.6 Å². The Kier molecular flexibility index (Phi) is 5.37. The fourth-order valence-corrected chi connectivity index (χ4v) is 5.91. The van der Waals surface area contributed by atoms with Crippen molar-refractivity contribution in [1.29, 1.82) is 0 Å². The second-order valence-corrected chi connectivity index (χ2v) is 7.44. The van der Waals surface area contributed by atoms with E-state index in [9.17, 15) is 17.6 Å². The van der Waals surface area contributed by atoms with Gasteiger partial charge in [-0.1, -0.05) is 20.7 Å². The van der Waals surface area contributed by atoms with Gasteiger partial charge in [-0.05, 0) is 22.6 Å². The summed E-state index contributed by atoms with van der Waals surface area (Å²) in [5, 5.41) is 17.3. The van der Waals surface area contributed by atoms with Crippen LogP contribution in [0.5, 0.6) is 0 Å². The fraction of sp³-hybridized carbons (Fsp3) is 0.444. The lowest BCUT2D eigenvalue weighted by molar-refractivity contribution is -0.0114. The van der Waals surface area contributed by atoms with Crippen LogP contribution in [0.1, 0.15) is 0 Å². The van der Waals surface area contributed by atoms with Gasteiger partial charge in [0, 0.05) is 3.58 Å². The second kappa shape index (κ2) is 5.91. The maximum Gasteiger partial charge on any atom is 0.303 e. The lowest BCUT2D eigenvalue weighted by Gasteiger charge is -2.26. The zero-order chi connectivity index (χ0) is 15.0. The molecule has 0 aromatic rings. The summed E-state index contributed by atoms with van der Waals surface area (Å²) in [6, 6.07) is 0. The van der Waals surface area contributed by atoms with E-state index in [1.54, 1.807) is 0 Å². The third-order valence-corrected chi connectivity index (χ3v) is 6.36. The van der Waals surface area contributed by atoms with E-state index in [-0.39, 0.29) is 7.21 Å². The van der Waals surface area contributed by atoms with Crippen LogP contribution in [0.15, 0.2) is 18.4 Å². The summed E-state index contributed by atoms with van der Waals surface area (Å²) in [6.07, 6.45) is 0. The van der Waals surface area contributed by atoms with Gasteiger partial charge in [0.05, 0.1) is 18.5 Å². The number of hydrogen-bond donors (Lipinski definition) is 4. The Balaban J connectivity index is 3.49. The summed E-state index contributed by atoms with van der Waals surface area (Å²) in [5.41, 5.74) is 9.71. The van der Waals surface area contributed by atoms with Crippen LogP contribution in [0.3, 0.4) is 0 Å². The van der Waals surface area contributed by atoms with Crippen molar-refractivity contribution >= 4 is 47.0 Å². The van der Waals surface area contributed by atoms with E-state index in [2.05, 4.69) is 0 Å². The van der Waals surface area contributed by atoms with Crippen LogP contribution in [0, 0.1) is 0 Å². The second-order valence-electron chi connectivity index (χ2n) is 3.58. The van der Waals surface area contributed by atoms with Gasteiger partial charge in [0.2, 0.25) is 0 Å². The lowest BCUT2D eigenvalue weighted by Crippen LogP contribution is -2.36. The van der Waals surface area contributed by atoms with Crippen molar-refractivity contribution in [2.75, 3.05) is 13.2 Å². The average molecular weight is 508 g/mol. The van der Waals surface area contributed by atoms with Crippen LogP contribution in [0.4, 0.5) is 17.6 Å². The van der Waals surface area contributed by atoms with Gasteiger partial charge in [-0.3, -0.25) is 5.73 Å². The molecule has 110 valence electrons. The standard InChI is InChI=1S/C9H10F4I2N2O2/c10-8(11,1-18)3-4(14)5(16)6(15-7(3)17)9(12,13)2-19/h18-19H,1-2,16-17H2. The molecule has 4 nitrogen and oxygen atoms in total. The van der Waals surface area contributed by atoms with Gasteiger partial charge in [-0.15, -0.1) is 0 Å². The van der Waals surface area contributed by atoms with E-state index in [0.717, 1.165) is 0 Å². The predicted molar refractivity (Wildman–Crippen MR) is 79.5 cm³/mol. The van der Waals surface area contributed by atoms with Crippen molar-refractivity contribution < 1.29 is 27.8 Å². The van der Waals surface area contributed by atoms with Crippen LogP contribution < -0.4 is 11.5 Å². The van der Waals surface area contributed by atoms with Crippen LogP contribution in [-0.2, 0) is 0 Å². The van der Waals surface area contributed by atoms with E-state index >= 15 is 0 Å².